The van der Waals surface area contributed by atoms with Gasteiger partial charge in [0.15, 0.2) is 0 Å². The van der Waals surface area contributed by atoms with Crippen LogP contribution in [0.3, 0.4) is 0 Å². The van der Waals surface area contributed by atoms with Crippen molar-refractivity contribution in [3.63, 3.8) is 0 Å². The molecule has 1 N–H and O–H groups in total. The van der Waals surface area contributed by atoms with Gasteiger partial charge in [0.05, 0.1) is 18.7 Å². The average Bonchev–Trinajstić information content (AvgIpc) is 2.40. The molecule has 1 aliphatic rings. The normalized spacial score (nSPS) is 25.5. The second-order valence-electron chi connectivity index (χ2n) is 4.49. The number of carbonyl (C=O) groups excluding carboxylic acids is 1. The van der Waals surface area contributed by atoms with Crippen molar-refractivity contribution < 1.29 is 14.6 Å². The van der Waals surface area contributed by atoms with E-state index >= 15 is 0 Å². The topological polar surface area (TPSA) is 73.6 Å². The van der Waals surface area contributed by atoms with E-state index in [1.807, 2.05) is 30.3 Å². The molecule has 5 heteroatoms. The van der Waals surface area contributed by atoms with Gasteiger partial charge in [-0.25, -0.2) is 0 Å². The van der Waals surface area contributed by atoms with E-state index < -0.39 is 6.04 Å². The molecule has 0 aromatic heterocycles. The fraction of sp³-hybridized carbons (Fsp3) is 0.429. The van der Waals surface area contributed by atoms with Crippen molar-refractivity contribution in [3.05, 3.63) is 35.9 Å². The molecule has 0 spiro atoms. The van der Waals surface area contributed by atoms with Crippen molar-refractivity contribution in [2.24, 2.45) is 0 Å². The van der Waals surface area contributed by atoms with Crippen LogP contribution < -0.4 is 0 Å². The van der Waals surface area contributed by atoms with Crippen LogP contribution in [0.25, 0.3) is 0 Å². The predicted molar refractivity (Wildman–Crippen MR) is 68.2 cm³/mol. The van der Waals surface area contributed by atoms with E-state index in [2.05, 4.69) is 6.07 Å². The molecule has 3 atom stereocenters. The van der Waals surface area contributed by atoms with E-state index in [-0.39, 0.29) is 31.1 Å². The van der Waals surface area contributed by atoms with Gasteiger partial charge in [0, 0.05) is 13.0 Å². The van der Waals surface area contributed by atoms with Crippen LogP contribution in [-0.4, -0.2) is 48.3 Å². The number of likely N-dealkylation sites (tertiary alicyclic amines) is 1. The van der Waals surface area contributed by atoms with Crippen LogP contribution in [0.2, 0.25) is 0 Å². The quantitative estimate of drug-likeness (QED) is 0.856. The van der Waals surface area contributed by atoms with E-state index in [0.717, 1.165) is 5.56 Å². The average molecular weight is 260 g/mol. The number of benzene rings is 1. The monoisotopic (exact) mass is 260 g/mol. The van der Waals surface area contributed by atoms with Gasteiger partial charge in [0.2, 0.25) is 5.91 Å². The molecular weight excluding hydrogens is 244 g/mol. The Labute approximate surface area is 112 Å². The maximum absolute atomic E-state index is 11.9. The summed E-state index contributed by atoms with van der Waals surface area (Å²) < 4.78 is 4.80. The van der Waals surface area contributed by atoms with Crippen molar-refractivity contribution in [2.75, 3.05) is 20.3 Å². The fourth-order valence-electron chi connectivity index (χ4n) is 2.62. The Kier molecular flexibility index (Phi) is 4.15. The van der Waals surface area contributed by atoms with Crippen molar-refractivity contribution in [1.29, 1.82) is 5.26 Å². The molecule has 5 nitrogen and oxygen atoms in total. The summed E-state index contributed by atoms with van der Waals surface area (Å²) in [5, 5.41) is 18.7. The highest BCUT2D eigenvalue weighted by atomic mass is 16.5. The zero-order valence-electron chi connectivity index (χ0n) is 10.7. The largest absolute Gasteiger partial charge is 0.394 e. The molecule has 19 heavy (non-hydrogen) atoms. The van der Waals surface area contributed by atoms with Gasteiger partial charge in [0.25, 0.3) is 0 Å². The first kappa shape index (κ1) is 13.5. The Morgan fingerprint density at radius 2 is 2.16 bits per heavy atom. The Morgan fingerprint density at radius 1 is 1.47 bits per heavy atom. The van der Waals surface area contributed by atoms with Gasteiger partial charge in [-0.3, -0.25) is 4.79 Å². The molecule has 0 bridgehead atoms. The Hall–Kier alpha value is -1.90. The molecule has 0 radical (unpaired) electrons. The third-order valence-electron chi connectivity index (χ3n) is 3.47. The molecule has 0 aliphatic carbocycles. The number of hydrogen-bond donors (Lipinski definition) is 1. The van der Waals surface area contributed by atoms with Gasteiger partial charge < -0.3 is 14.7 Å². The number of nitriles is 1. The van der Waals surface area contributed by atoms with Crippen LogP contribution in [0.4, 0.5) is 0 Å². The molecule has 1 amide bonds. The summed E-state index contributed by atoms with van der Waals surface area (Å²) in [5.41, 5.74) is 0.967. The van der Waals surface area contributed by atoms with Gasteiger partial charge >= 0.3 is 0 Å². The molecule has 1 aromatic rings. The number of nitrogens with zero attached hydrogens (tertiary/aromatic N) is 2. The highest BCUT2D eigenvalue weighted by Crippen LogP contribution is 2.40. The van der Waals surface area contributed by atoms with Crippen LogP contribution in [0, 0.1) is 11.3 Å². The van der Waals surface area contributed by atoms with Crippen LogP contribution in [0.5, 0.6) is 0 Å². The summed E-state index contributed by atoms with van der Waals surface area (Å²) in [7, 11) is 1.43. The lowest BCUT2D eigenvalue weighted by Gasteiger charge is -2.51. The van der Waals surface area contributed by atoms with Crippen molar-refractivity contribution in [2.45, 2.75) is 18.0 Å². The molecule has 1 aromatic carbocycles. The number of aliphatic hydroxyl groups excluding tert-OH is 1. The van der Waals surface area contributed by atoms with Crippen molar-refractivity contribution >= 4 is 5.91 Å². The molecule has 1 aliphatic heterocycles. The van der Waals surface area contributed by atoms with Gasteiger partial charge in [-0.05, 0) is 5.56 Å². The summed E-state index contributed by atoms with van der Waals surface area (Å²) in [6, 6.07) is 10.7. The standard InChI is InChI=1S/C14H16N2O3/c1-19-9-13(18)16-11(7-15)14(12(16)8-17)10-5-3-2-4-6-10/h2-6,11-12,14,17H,8-9H2,1H3/t11-,12+,14-/m0/s1. The number of aliphatic hydroxyl groups is 1. The minimum Gasteiger partial charge on any atom is -0.394 e. The molecule has 0 unspecified atom stereocenters. The second-order valence-corrected chi connectivity index (χ2v) is 4.49. The number of carbonyl (C=O) groups is 1. The highest BCUT2D eigenvalue weighted by Gasteiger charge is 2.51. The Morgan fingerprint density at radius 3 is 2.68 bits per heavy atom. The van der Waals surface area contributed by atoms with Crippen LogP contribution in [-0.2, 0) is 9.53 Å². The molecule has 1 saturated heterocycles. The minimum absolute atomic E-state index is 0.0732. The molecule has 0 saturated carbocycles. The molecule has 2 rings (SSSR count). The van der Waals surface area contributed by atoms with Crippen LogP contribution >= 0.6 is 0 Å². The Balaban J connectivity index is 2.23. The lowest BCUT2D eigenvalue weighted by Crippen LogP contribution is -2.65. The molecule has 100 valence electrons. The number of rotatable bonds is 4. The van der Waals surface area contributed by atoms with E-state index in [0.29, 0.717) is 0 Å². The zero-order valence-corrected chi connectivity index (χ0v) is 10.7. The number of hydrogen-bond acceptors (Lipinski definition) is 4. The maximum atomic E-state index is 11.9. The second kappa shape index (κ2) is 5.83. The van der Waals surface area contributed by atoms with Crippen LogP contribution in [0.15, 0.2) is 30.3 Å². The Bertz CT molecular complexity index is 483. The summed E-state index contributed by atoms with van der Waals surface area (Å²) in [4.78, 5) is 13.3. The number of amides is 1. The van der Waals surface area contributed by atoms with Gasteiger partial charge in [0.1, 0.15) is 12.6 Å². The molecule has 1 heterocycles. The first-order valence-electron chi connectivity index (χ1n) is 6.10. The van der Waals surface area contributed by atoms with Gasteiger partial charge in [-0.2, -0.15) is 5.26 Å². The summed E-state index contributed by atoms with van der Waals surface area (Å²) in [5.74, 6) is -0.405. The highest BCUT2D eigenvalue weighted by molar-refractivity contribution is 5.80. The summed E-state index contributed by atoms with van der Waals surface area (Å²) in [6.07, 6.45) is 0. The number of methoxy groups -OCH3 is 1. The van der Waals surface area contributed by atoms with E-state index in [1.165, 1.54) is 12.0 Å². The van der Waals surface area contributed by atoms with E-state index in [1.54, 1.807) is 0 Å². The maximum Gasteiger partial charge on any atom is 0.249 e. The minimum atomic E-state index is -0.540. The van der Waals surface area contributed by atoms with E-state index in [4.69, 9.17) is 4.74 Å². The lowest BCUT2D eigenvalue weighted by atomic mass is 9.75. The number of ether oxygens (including phenoxy) is 1. The summed E-state index contributed by atoms with van der Waals surface area (Å²) >= 11 is 0. The van der Waals surface area contributed by atoms with E-state index in [9.17, 15) is 15.2 Å². The van der Waals surface area contributed by atoms with Crippen molar-refractivity contribution in [3.8, 4) is 6.07 Å². The zero-order chi connectivity index (χ0) is 13.8. The van der Waals surface area contributed by atoms with Crippen LogP contribution in [0.1, 0.15) is 11.5 Å². The lowest BCUT2D eigenvalue weighted by molar-refractivity contribution is -0.150. The SMILES string of the molecule is COCC(=O)N1[C@H](CO)[C@@H](c2ccccc2)[C@@H]1C#N. The fourth-order valence-corrected chi connectivity index (χ4v) is 2.62. The third kappa shape index (κ3) is 2.33. The third-order valence-corrected chi connectivity index (χ3v) is 3.47. The van der Waals surface area contributed by atoms with Crippen molar-refractivity contribution in [1.82, 2.24) is 4.90 Å². The summed E-state index contributed by atoms with van der Waals surface area (Å²) in [6.45, 7) is -0.233. The first-order chi connectivity index (χ1) is 9.24. The predicted octanol–water partition coefficient (Wildman–Crippen LogP) is 0.512. The first-order valence-corrected chi connectivity index (χ1v) is 6.10. The van der Waals surface area contributed by atoms with Gasteiger partial charge in [-0.1, -0.05) is 30.3 Å². The smallest absolute Gasteiger partial charge is 0.249 e. The molecule has 1 fully saturated rings. The molecular formula is C14H16N2O3. The van der Waals surface area contributed by atoms with Gasteiger partial charge in [-0.15, -0.1) is 0 Å².